The van der Waals surface area contributed by atoms with Gasteiger partial charge < -0.3 is 30.0 Å². The number of H-pyrrole nitrogens is 1. The molecule has 1 aliphatic heterocycles. The molecular formula is C38H47N7O3. The summed E-state index contributed by atoms with van der Waals surface area (Å²) >= 11 is 0. The van der Waals surface area contributed by atoms with Gasteiger partial charge in [0.2, 0.25) is 5.91 Å². The first-order chi connectivity index (χ1) is 23.2. The molecule has 2 fully saturated rings. The highest BCUT2D eigenvalue weighted by Crippen LogP contribution is 2.39. The van der Waals surface area contributed by atoms with E-state index >= 15 is 0 Å². The number of hydrogen-bond donors (Lipinski definition) is 3. The fourth-order valence-corrected chi connectivity index (χ4v) is 7.19. The van der Waals surface area contributed by atoms with Crippen LogP contribution in [0.15, 0.2) is 60.2 Å². The predicted molar refractivity (Wildman–Crippen MR) is 193 cm³/mol. The Balaban J connectivity index is 1.44. The summed E-state index contributed by atoms with van der Waals surface area (Å²) in [6.45, 7) is 11.5. The van der Waals surface area contributed by atoms with Gasteiger partial charge in [0.15, 0.2) is 0 Å². The van der Waals surface area contributed by atoms with Crippen LogP contribution in [0.3, 0.4) is 0 Å². The highest BCUT2D eigenvalue weighted by molar-refractivity contribution is 6.15. The Bertz CT molecular complexity index is 1860. The van der Waals surface area contributed by atoms with E-state index in [-0.39, 0.29) is 30.0 Å². The van der Waals surface area contributed by atoms with Crippen LogP contribution in [0.1, 0.15) is 78.7 Å². The summed E-state index contributed by atoms with van der Waals surface area (Å²) in [7, 11) is 2.14. The summed E-state index contributed by atoms with van der Waals surface area (Å²) in [5.41, 5.74) is 5.75. The fraction of sp³-hybridized carbons (Fsp3) is 0.421. The van der Waals surface area contributed by atoms with Gasteiger partial charge in [0.05, 0.1) is 16.8 Å². The van der Waals surface area contributed by atoms with Gasteiger partial charge in [-0.25, -0.2) is 4.98 Å². The summed E-state index contributed by atoms with van der Waals surface area (Å²) in [6.07, 6.45) is 12.3. The van der Waals surface area contributed by atoms with E-state index in [4.69, 9.17) is 4.98 Å². The smallest absolute Gasteiger partial charge is 0.253 e. The molecule has 0 spiro atoms. The Labute approximate surface area is 282 Å². The maximum absolute atomic E-state index is 14.3. The number of aryl methyl sites for hydroxylation is 2. The highest BCUT2D eigenvalue weighted by Gasteiger charge is 2.25. The van der Waals surface area contributed by atoms with Crippen molar-refractivity contribution in [2.45, 2.75) is 71.4 Å². The maximum Gasteiger partial charge on any atom is 0.253 e. The average molecular weight is 650 g/mol. The summed E-state index contributed by atoms with van der Waals surface area (Å²) in [4.78, 5) is 52.2. The van der Waals surface area contributed by atoms with E-state index in [0.29, 0.717) is 22.2 Å². The lowest BCUT2D eigenvalue weighted by Gasteiger charge is -2.33. The van der Waals surface area contributed by atoms with Crippen LogP contribution >= 0.6 is 0 Å². The number of aromatic nitrogens is 3. The third-order valence-corrected chi connectivity index (χ3v) is 9.81. The standard InChI is InChI=1S/C38H47N7O3/c1-5-10-26-19-25(3)41-38(48)31(26)23-40-37(47)30-20-28(27-13-14-34(39-22-27)44-17-15-43(4)16-18-44)21-33-36(30)32(42-35(46)6-2)24-45(33)29-11-8-7-9-12-29/h6,13-14,19-22,24,29H,2,5,7-12,15-18,23H2,1,3-4H3,(H,40,47)(H,41,48)(H,42,46). The normalized spacial score (nSPS) is 15.9. The van der Waals surface area contributed by atoms with Gasteiger partial charge in [-0.05, 0) is 80.8 Å². The Kier molecular flexibility index (Phi) is 10.1. The van der Waals surface area contributed by atoms with Crippen molar-refractivity contribution < 1.29 is 9.59 Å². The number of pyridine rings is 2. The maximum atomic E-state index is 14.3. The third kappa shape index (κ3) is 7.08. The first kappa shape index (κ1) is 33.2. The van der Waals surface area contributed by atoms with Crippen molar-refractivity contribution in [1.29, 1.82) is 0 Å². The van der Waals surface area contributed by atoms with Crippen molar-refractivity contribution in [1.82, 2.24) is 24.8 Å². The molecule has 1 saturated carbocycles. The van der Waals surface area contributed by atoms with Gasteiger partial charge in [0, 0.05) is 73.4 Å². The van der Waals surface area contributed by atoms with E-state index in [2.05, 4.69) is 68.7 Å². The molecule has 4 aromatic rings. The van der Waals surface area contributed by atoms with Crippen LogP contribution in [-0.2, 0) is 17.8 Å². The molecule has 10 heteroatoms. The van der Waals surface area contributed by atoms with E-state index in [1.807, 2.05) is 31.5 Å². The van der Waals surface area contributed by atoms with Gasteiger partial charge >= 0.3 is 0 Å². The molecule has 0 atom stereocenters. The molecule has 3 N–H and O–H groups in total. The number of carbonyl (C=O) groups is 2. The number of fused-ring (bicyclic) bond motifs is 1. The van der Waals surface area contributed by atoms with Gasteiger partial charge in [-0.2, -0.15) is 0 Å². The summed E-state index contributed by atoms with van der Waals surface area (Å²) in [5.74, 6) is 0.283. The molecule has 4 heterocycles. The Morgan fingerprint density at radius 1 is 1.06 bits per heavy atom. The minimum Gasteiger partial charge on any atom is -0.354 e. The Hall–Kier alpha value is -4.70. The van der Waals surface area contributed by atoms with E-state index in [0.717, 1.165) is 98.4 Å². The molecule has 2 amide bonds. The zero-order chi connectivity index (χ0) is 33.8. The molecule has 1 aromatic carbocycles. The zero-order valence-corrected chi connectivity index (χ0v) is 28.4. The number of rotatable bonds is 10. The van der Waals surface area contributed by atoms with Gasteiger partial charge in [0.1, 0.15) is 5.82 Å². The molecule has 48 heavy (non-hydrogen) atoms. The predicted octanol–water partition coefficient (Wildman–Crippen LogP) is 5.96. The molecule has 0 unspecified atom stereocenters. The second-order valence-electron chi connectivity index (χ2n) is 13.3. The molecule has 1 aliphatic carbocycles. The lowest BCUT2D eigenvalue weighted by molar-refractivity contribution is -0.111. The highest BCUT2D eigenvalue weighted by atomic mass is 16.2. The minimum absolute atomic E-state index is 0.0917. The Morgan fingerprint density at radius 2 is 1.83 bits per heavy atom. The van der Waals surface area contributed by atoms with Crippen LogP contribution in [0.25, 0.3) is 22.0 Å². The molecule has 2 aliphatic rings. The largest absolute Gasteiger partial charge is 0.354 e. The fourth-order valence-electron chi connectivity index (χ4n) is 7.19. The number of likely N-dealkylation sites (N-methyl/N-ethyl adjacent to an activating group) is 1. The van der Waals surface area contributed by atoms with Crippen molar-refractivity contribution in [3.05, 3.63) is 88.1 Å². The second-order valence-corrected chi connectivity index (χ2v) is 13.3. The number of piperazine rings is 1. The van der Waals surface area contributed by atoms with Crippen molar-refractivity contribution >= 4 is 34.2 Å². The Morgan fingerprint density at radius 3 is 2.52 bits per heavy atom. The average Bonchev–Trinajstić information content (AvgIpc) is 3.46. The quantitative estimate of drug-likeness (QED) is 0.183. The molecule has 252 valence electrons. The number of amides is 2. The van der Waals surface area contributed by atoms with Crippen LogP contribution in [-0.4, -0.2) is 64.5 Å². The third-order valence-electron chi connectivity index (χ3n) is 9.81. The summed E-state index contributed by atoms with van der Waals surface area (Å²) in [6, 6.07) is 10.4. The SMILES string of the molecule is C=CC(=O)Nc1cn(C2CCCCC2)c2cc(-c3ccc(N4CCN(C)CC4)nc3)cc(C(=O)NCc3c(CCC)cc(C)[nH]c3=O)c12. The van der Waals surface area contributed by atoms with Crippen molar-refractivity contribution in [2.75, 3.05) is 43.4 Å². The molecule has 0 bridgehead atoms. The minimum atomic E-state index is -0.341. The molecule has 0 radical (unpaired) electrons. The summed E-state index contributed by atoms with van der Waals surface area (Å²) < 4.78 is 2.24. The monoisotopic (exact) mass is 649 g/mol. The van der Waals surface area contributed by atoms with Gasteiger partial charge in [-0.15, -0.1) is 0 Å². The number of nitrogens with zero attached hydrogens (tertiary/aromatic N) is 4. The van der Waals surface area contributed by atoms with Crippen LogP contribution in [0.5, 0.6) is 0 Å². The van der Waals surface area contributed by atoms with E-state index in [1.165, 1.54) is 12.5 Å². The topological polar surface area (TPSA) is 115 Å². The lowest BCUT2D eigenvalue weighted by atomic mass is 9.95. The van der Waals surface area contributed by atoms with E-state index in [1.54, 1.807) is 0 Å². The molecule has 10 nitrogen and oxygen atoms in total. The zero-order valence-electron chi connectivity index (χ0n) is 28.4. The number of aromatic amines is 1. The van der Waals surface area contributed by atoms with Crippen molar-refractivity contribution in [3.63, 3.8) is 0 Å². The van der Waals surface area contributed by atoms with E-state index in [9.17, 15) is 14.4 Å². The molecular weight excluding hydrogens is 602 g/mol. The number of hydrogen-bond acceptors (Lipinski definition) is 6. The molecule has 6 rings (SSSR count). The molecule has 3 aromatic heterocycles. The van der Waals surface area contributed by atoms with Crippen LogP contribution < -0.4 is 21.1 Å². The first-order valence-corrected chi connectivity index (χ1v) is 17.3. The lowest BCUT2D eigenvalue weighted by Crippen LogP contribution is -2.44. The van der Waals surface area contributed by atoms with Crippen molar-refractivity contribution in [2.24, 2.45) is 0 Å². The van der Waals surface area contributed by atoms with E-state index < -0.39 is 0 Å². The van der Waals surface area contributed by atoms with Crippen LogP contribution in [0, 0.1) is 6.92 Å². The van der Waals surface area contributed by atoms with Gasteiger partial charge in [-0.1, -0.05) is 39.2 Å². The summed E-state index contributed by atoms with van der Waals surface area (Å²) in [5, 5.41) is 6.71. The second kappa shape index (κ2) is 14.6. The van der Waals surface area contributed by atoms with Gasteiger partial charge in [-0.3, -0.25) is 14.4 Å². The number of carbonyl (C=O) groups excluding carboxylic acids is 2. The van der Waals surface area contributed by atoms with Crippen molar-refractivity contribution in [3.8, 4) is 11.1 Å². The first-order valence-electron chi connectivity index (χ1n) is 17.3. The van der Waals surface area contributed by atoms with Crippen LogP contribution in [0.4, 0.5) is 11.5 Å². The van der Waals surface area contributed by atoms with Crippen LogP contribution in [0.2, 0.25) is 0 Å². The molecule has 1 saturated heterocycles. The number of nitrogens with one attached hydrogen (secondary N) is 3. The number of benzene rings is 1. The van der Waals surface area contributed by atoms with Gasteiger partial charge in [0.25, 0.3) is 11.5 Å². The number of anilines is 2.